The van der Waals surface area contributed by atoms with Crippen molar-refractivity contribution in [1.82, 2.24) is 14.6 Å². The lowest BCUT2D eigenvalue weighted by Gasteiger charge is -2.36. The van der Waals surface area contributed by atoms with Gasteiger partial charge in [-0.3, -0.25) is 4.98 Å². The van der Waals surface area contributed by atoms with Crippen molar-refractivity contribution in [3.05, 3.63) is 53.9 Å². The molecule has 1 aromatic carbocycles. The van der Waals surface area contributed by atoms with Gasteiger partial charge in [-0.05, 0) is 44.3 Å². The molecule has 2 N–H and O–H groups in total. The summed E-state index contributed by atoms with van der Waals surface area (Å²) >= 11 is 0. The van der Waals surface area contributed by atoms with Gasteiger partial charge in [-0.25, -0.2) is 8.42 Å². The van der Waals surface area contributed by atoms with Crippen LogP contribution in [0.15, 0.2) is 47.6 Å². The van der Waals surface area contributed by atoms with E-state index in [0.717, 1.165) is 5.56 Å². The third kappa shape index (κ3) is 4.82. The first-order valence-electron chi connectivity index (χ1n) is 9.87. The lowest BCUT2D eigenvalue weighted by Crippen LogP contribution is -2.49. The average molecular weight is 430 g/mol. The second-order valence-corrected chi connectivity index (χ2v) is 9.30. The summed E-state index contributed by atoms with van der Waals surface area (Å²) in [6.07, 6.45) is 3.10. The fourth-order valence-electron chi connectivity index (χ4n) is 3.33. The fourth-order valence-corrected chi connectivity index (χ4v) is 5.15. The Bertz CT molecular complexity index is 1030. The Morgan fingerprint density at radius 2 is 1.97 bits per heavy atom. The monoisotopic (exact) mass is 429 g/mol. The summed E-state index contributed by atoms with van der Waals surface area (Å²) < 4.78 is 34.2. The van der Waals surface area contributed by atoms with Gasteiger partial charge in [0.05, 0.1) is 6.61 Å². The Morgan fingerprint density at radius 3 is 2.63 bits per heavy atom. The van der Waals surface area contributed by atoms with Crippen LogP contribution in [0, 0.1) is 17.8 Å². The van der Waals surface area contributed by atoms with E-state index in [1.54, 1.807) is 43.6 Å². The summed E-state index contributed by atoms with van der Waals surface area (Å²) in [6.45, 7) is 4.23. The third-order valence-electron chi connectivity index (χ3n) is 5.10. The molecule has 0 unspecified atom stereocenters. The number of rotatable bonds is 4. The van der Waals surface area contributed by atoms with Gasteiger partial charge in [-0.15, -0.1) is 0 Å². The lowest BCUT2D eigenvalue weighted by atomic mass is 10.0. The van der Waals surface area contributed by atoms with Crippen LogP contribution in [-0.2, 0) is 10.0 Å². The van der Waals surface area contributed by atoms with Crippen LogP contribution < -0.4 is 10.1 Å². The van der Waals surface area contributed by atoms with E-state index in [9.17, 15) is 13.5 Å². The molecule has 0 amide bonds. The molecule has 0 bridgehead atoms. The Morgan fingerprint density at radius 1 is 1.27 bits per heavy atom. The Balaban J connectivity index is 2.07. The molecule has 1 aromatic heterocycles. The third-order valence-corrected chi connectivity index (χ3v) is 7.12. The molecular formula is C22H27N3O4S. The first kappa shape index (κ1) is 22.2. The van der Waals surface area contributed by atoms with Crippen LogP contribution in [0.2, 0.25) is 0 Å². The molecule has 0 radical (unpaired) electrons. The van der Waals surface area contributed by atoms with Gasteiger partial charge in [0.25, 0.3) is 0 Å². The highest BCUT2D eigenvalue weighted by Gasteiger charge is 2.37. The van der Waals surface area contributed by atoms with E-state index in [4.69, 9.17) is 4.74 Å². The standard InChI is InChI=1S/C22H27N3O4S/c1-16-14-25(17(2)15-26)30(27,28)22-7-6-19(5-4-18-8-10-24-11-9-18)12-20(22)29-21(16)13-23-3/h6-12,16-17,21,23,26H,13-15H2,1-3H3/t16-,17+,21-/m0/s1. The van der Waals surface area contributed by atoms with E-state index < -0.39 is 16.1 Å². The van der Waals surface area contributed by atoms with Crippen molar-refractivity contribution >= 4 is 10.0 Å². The first-order valence-corrected chi connectivity index (χ1v) is 11.3. The van der Waals surface area contributed by atoms with Crippen molar-refractivity contribution in [1.29, 1.82) is 0 Å². The lowest BCUT2D eigenvalue weighted by molar-refractivity contribution is 0.103. The predicted molar refractivity (Wildman–Crippen MR) is 115 cm³/mol. The summed E-state index contributed by atoms with van der Waals surface area (Å²) in [7, 11) is -2.01. The van der Waals surface area contributed by atoms with Gasteiger partial charge in [0.15, 0.2) is 0 Å². The maximum Gasteiger partial charge on any atom is 0.247 e. The van der Waals surface area contributed by atoms with Crippen molar-refractivity contribution in [3.8, 4) is 17.6 Å². The molecule has 2 aromatic rings. The highest BCUT2D eigenvalue weighted by molar-refractivity contribution is 7.89. The fraction of sp³-hybridized carbons (Fsp3) is 0.409. The molecule has 0 saturated heterocycles. The van der Waals surface area contributed by atoms with Crippen LogP contribution >= 0.6 is 0 Å². The molecule has 1 aliphatic heterocycles. The van der Waals surface area contributed by atoms with Gasteiger partial charge in [-0.2, -0.15) is 4.31 Å². The normalized spacial score (nSPS) is 21.9. The van der Waals surface area contributed by atoms with Crippen LogP contribution in [0.3, 0.4) is 0 Å². The number of pyridine rings is 1. The molecule has 0 spiro atoms. The topological polar surface area (TPSA) is 91.8 Å². The predicted octanol–water partition coefficient (Wildman–Crippen LogP) is 1.47. The molecular weight excluding hydrogens is 402 g/mol. The number of hydrogen-bond acceptors (Lipinski definition) is 6. The molecule has 0 aliphatic carbocycles. The summed E-state index contributed by atoms with van der Waals surface area (Å²) in [4.78, 5) is 4.06. The number of aliphatic hydroxyl groups is 1. The molecule has 160 valence electrons. The van der Waals surface area contributed by atoms with Crippen molar-refractivity contribution < 1.29 is 18.3 Å². The van der Waals surface area contributed by atoms with Crippen molar-refractivity contribution in [2.45, 2.75) is 30.9 Å². The minimum atomic E-state index is -3.84. The summed E-state index contributed by atoms with van der Waals surface area (Å²) in [5.41, 5.74) is 1.47. The molecule has 30 heavy (non-hydrogen) atoms. The van der Waals surface area contributed by atoms with Crippen LogP contribution in [0.1, 0.15) is 25.0 Å². The van der Waals surface area contributed by atoms with Gasteiger partial charge in [0.1, 0.15) is 16.7 Å². The van der Waals surface area contributed by atoms with E-state index in [2.05, 4.69) is 22.1 Å². The van der Waals surface area contributed by atoms with E-state index in [-0.39, 0.29) is 35.8 Å². The molecule has 8 heteroatoms. The molecule has 0 fully saturated rings. The molecule has 7 nitrogen and oxygen atoms in total. The van der Waals surface area contributed by atoms with E-state index in [1.807, 2.05) is 14.0 Å². The molecule has 1 aliphatic rings. The van der Waals surface area contributed by atoms with Gasteiger partial charge in [0, 0.05) is 48.6 Å². The maximum atomic E-state index is 13.4. The number of likely N-dealkylation sites (N-methyl/N-ethyl adjacent to an activating group) is 1. The zero-order valence-electron chi connectivity index (χ0n) is 17.4. The van der Waals surface area contributed by atoms with E-state index >= 15 is 0 Å². The maximum absolute atomic E-state index is 13.4. The number of ether oxygens (including phenoxy) is 1. The van der Waals surface area contributed by atoms with E-state index in [0.29, 0.717) is 12.1 Å². The van der Waals surface area contributed by atoms with Crippen molar-refractivity contribution in [2.24, 2.45) is 5.92 Å². The van der Waals surface area contributed by atoms with E-state index in [1.165, 1.54) is 10.4 Å². The van der Waals surface area contributed by atoms with Crippen LogP contribution in [0.25, 0.3) is 0 Å². The molecule has 3 atom stereocenters. The molecule has 3 rings (SSSR count). The molecule has 2 heterocycles. The van der Waals surface area contributed by atoms with Gasteiger partial charge in [-0.1, -0.05) is 18.8 Å². The number of nitrogens with one attached hydrogen (secondary N) is 1. The first-order chi connectivity index (χ1) is 14.4. The summed E-state index contributed by atoms with van der Waals surface area (Å²) in [5.74, 6) is 6.30. The Labute approximate surface area is 178 Å². The Kier molecular flexibility index (Phi) is 7.10. The number of benzene rings is 1. The SMILES string of the molecule is CNC[C@@H]1Oc2cc(C#Cc3ccncc3)ccc2S(=O)(=O)N([C@H](C)CO)C[C@@H]1C. The quantitative estimate of drug-likeness (QED) is 0.716. The number of aliphatic hydroxyl groups excluding tert-OH is 1. The number of aromatic nitrogens is 1. The highest BCUT2D eigenvalue weighted by atomic mass is 32.2. The zero-order valence-corrected chi connectivity index (χ0v) is 18.2. The number of hydrogen-bond donors (Lipinski definition) is 2. The van der Waals surface area contributed by atoms with Crippen LogP contribution in [0.4, 0.5) is 0 Å². The summed E-state index contributed by atoms with van der Waals surface area (Å²) in [6, 6.07) is 7.95. The van der Waals surface area contributed by atoms with Gasteiger partial charge >= 0.3 is 0 Å². The van der Waals surface area contributed by atoms with Crippen LogP contribution in [-0.4, -0.2) is 61.7 Å². The van der Waals surface area contributed by atoms with Crippen molar-refractivity contribution in [2.75, 3.05) is 26.7 Å². The second kappa shape index (κ2) is 9.58. The highest BCUT2D eigenvalue weighted by Crippen LogP contribution is 2.33. The number of nitrogens with zero attached hydrogens (tertiary/aromatic N) is 2. The molecule has 0 saturated carbocycles. The average Bonchev–Trinajstić information content (AvgIpc) is 2.75. The zero-order chi connectivity index (χ0) is 21.7. The smallest absolute Gasteiger partial charge is 0.247 e. The van der Waals surface area contributed by atoms with Crippen LogP contribution in [0.5, 0.6) is 5.75 Å². The number of sulfonamides is 1. The second-order valence-electron chi connectivity index (χ2n) is 7.44. The minimum absolute atomic E-state index is 0.0825. The summed E-state index contributed by atoms with van der Waals surface area (Å²) in [5, 5.41) is 12.7. The van der Waals surface area contributed by atoms with Gasteiger partial charge in [0.2, 0.25) is 10.0 Å². The van der Waals surface area contributed by atoms with Gasteiger partial charge < -0.3 is 15.2 Å². The number of fused-ring (bicyclic) bond motifs is 1. The Hall–Kier alpha value is -2.44. The van der Waals surface area contributed by atoms with Crippen molar-refractivity contribution in [3.63, 3.8) is 0 Å². The minimum Gasteiger partial charge on any atom is -0.487 e. The largest absolute Gasteiger partial charge is 0.487 e.